The van der Waals surface area contributed by atoms with Gasteiger partial charge >= 0.3 is 0 Å². The third kappa shape index (κ3) is 3.49. The summed E-state index contributed by atoms with van der Waals surface area (Å²) in [7, 11) is 0.618. The van der Waals surface area contributed by atoms with Gasteiger partial charge in [-0.15, -0.1) is 0 Å². The van der Waals surface area contributed by atoms with Crippen molar-refractivity contribution >= 4 is 16.6 Å². The summed E-state index contributed by atoms with van der Waals surface area (Å²) in [6.07, 6.45) is 2.48. The Morgan fingerprint density at radius 1 is 0.929 bits per heavy atom. The van der Waals surface area contributed by atoms with Gasteiger partial charge < -0.3 is 8.85 Å². The topological polar surface area (TPSA) is 18.5 Å². The zero-order valence-electron chi connectivity index (χ0n) is 10.8. The molecule has 0 amide bonds. The van der Waals surface area contributed by atoms with Gasteiger partial charge in [-0.25, -0.2) is 0 Å². The van der Waals surface area contributed by atoms with E-state index in [2.05, 4.69) is 33.1 Å². The van der Waals surface area contributed by atoms with Gasteiger partial charge in [-0.3, -0.25) is 0 Å². The van der Waals surface area contributed by atoms with E-state index in [4.69, 9.17) is 8.85 Å². The van der Waals surface area contributed by atoms with Gasteiger partial charge in [0.15, 0.2) is 16.6 Å². The summed E-state index contributed by atoms with van der Waals surface area (Å²) in [5, 5.41) is 0.690. The average molecular weight is 234 g/mol. The van der Waals surface area contributed by atoms with Crippen LogP contribution in [0.25, 0.3) is 0 Å². The maximum atomic E-state index is 5.73. The van der Waals surface area contributed by atoms with E-state index in [1.54, 1.807) is 0 Å². The van der Waals surface area contributed by atoms with E-state index in [1.807, 2.05) is 14.2 Å². The highest BCUT2D eigenvalue weighted by molar-refractivity contribution is 6.91. The summed E-state index contributed by atoms with van der Waals surface area (Å²) in [4.78, 5) is 0. The van der Waals surface area contributed by atoms with Crippen LogP contribution in [0.1, 0.15) is 19.8 Å². The Labute approximate surface area is 91.3 Å². The molecule has 0 aromatic heterocycles. The fourth-order valence-corrected chi connectivity index (χ4v) is 12.0. The predicted octanol–water partition coefficient (Wildman–Crippen LogP) is 3.40. The molecule has 0 unspecified atom stereocenters. The lowest BCUT2D eigenvalue weighted by molar-refractivity contribution is 0.367. The van der Waals surface area contributed by atoms with Crippen molar-refractivity contribution in [3.63, 3.8) is 0 Å². The number of rotatable bonds is 6. The van der Waals surface area contributed by atoms with E-state index < -0.39 is 16.6 Å². The lowest BCUT2D eigenvalue weighted by atomic mass is 10.4. The molecule has 0 aromatic rings. The van der Waals surface area contributed by atoms with Crippen molar-refractivity contribution in [1.29, 1.82) is 0 Å². The monoisotopic (exact) mass is 234 g/mol. The summed E-state index contributed by atoms with van der Waals surface area (Å²) in [6, 6.07) is 0. The molecule has 0 aliphatic heterocycles. The largest absolute Gasteiger partial charge is 0.420 e. The van der Waals surface area contributed by atoms with Crippen LogP contribution in [0.3, 0.4) is 0 Å². The van der Waals surface area contributed by atoms with Crippen LogP contribution in [0.2, 0.25) is 31.4 Å². The van der Waals surface area contributed by atoms with Crippen molar-refractivity contribution in [3.8, 4) is 0 Å². The Hall–Kier alpha value is 0.354. The van der Waals surface area contributed by atoms with Crippen molar-refractivity contribution in [2.45, 2.75) is 51.1 Å². The van der Waals surface area contributed by atoms with Crippen molar-refractivity contribution in [2.24, 2.45) is 0 Å². The Morgan fingerprint density at radius 3 is 1.50 bits per heavy atom. The van der Waals surface area contributed by atoms with E-state index in [1.165, 1.54) is 12.8 Å². The van der Waals surface area contributed by atoms with Crippen molar-refractivity contribution in [2.75, 3.05) is 14.2 Å². The van der Waals surface area contributed by atoms with Crippen molar-refractivity contribution in [1.82, 2.24) is 0 Å². The van der Waals surface area contributed by atoms with Crippen LogP contribution in [-0.4, -0.2) is 30.9 Å². The van der Waals surface area contributed by atoms with Gasteiger partial charge in [0.1, 0.15) is 0 Å². The lowest BCUT2D eigenvalue weighted by Crippen LogP contribution is -2.50. The second-order valence-corrected chi connectivity index (χ2v) is 14.2. The predicted molar refractivity (Wildman–Crippen MR) is 67.6 cm³/mol. The van der Waals surface area contributed by atoms with Crippen LogP contribution in [0, 0.1) is 0 Å². The molecule has 0 fully saturated rings. The van der Waals surface area contributed by atoms with Crippen LogP contribution in [0.15, 0.2) is 0 Å². The fraction of sp³-hybridized carbons (Fsp3) is 1.00. The van der Waals surface area contributed by atoms with E-state index in [-0.39, 0.29) is 0 Å². The molecule has 86 valence electrons. The molecular weight excluding hydrogens is 208 g/mol. The molecule has 0 bridgehead atoms. The molecule has 0 radical (unpaired) electrons. The molecule has 0 atom stereocenters. The van der Waals surface area contributed by atoms with Gasteiger partial charge in [0.05, 0.1) is 0 Å². The minimum atomic E-state index is -1.55. The van der Waals surface area contributed by atoms with Gasteiger partial charge in [-0.05, 0) is 31.4 Å². The van der Waals surface area contributed by atoms with Crippen molar-refractivity contribution < 1.29 is 8.85 Å². The minimum Gasteiger partial charge on any atom is -0.420 e. The molecule has 0 spiro atoms. The first kappa shape index (κ1) is 14.4. The third-order valence-electron chi connectivity index (χ3n) is 3.31. The fourth-order valence-electron chi connectivity index (χ4n) is 2.11. The first-order chi connectivity index (χ1) is 6.31. The van der Waals surface area contributed by atoms with Gasteiger partial charge in [0, 0.05) is 14.2 Å². The van der Waals surface area contributed by atoms with E-state index in [9.17, 15) is 0 Å². The van der Waals surface area contributed by atoms with E-state index in [0.29, 0.717) is 5.16 Å². The second kappa shape index (κ2) is 5.44. The molecule has 0 aromatic carbocycles. The van der Waals surface area contributed by atoms with Crippen LogP contribution in [0.5, 0.6) is 0 Å². The standard InChI is InChI=1S/C10H26O2Si2/c1-8-9-10(13(4,5)11-2)14(6,7)12-3/h10H,8-9H2,1-7H3. The average Bonchev–Trinajstić information content (AvgIpc) is 2.13. The Kier molecular flexibility index (Phi) is 5.58. The second-order valence-electron chi connectivity index (χ2n) is 4.96. The van der Waals surface area contributed by atoms with Gasteiger partial charge in [-0.2, -0.15) is 0 Å². The van der Waals surface area contributed by atoms with Gasteiger partial charge in [0.2, 0.25) is 0 Å². The minimum absolute atomic E-state index is 0.690. The van der Waals surface area contributed by atoms with E-state index >= 15 is 0 Å². The third-order valence-corrected chi connectivity index (χ3v) is 13.5. The molecule has 0 rings (SSSR count). The molecule has 14 heavy (non-hydrogen) atoms. The first-order valence-electron chi connectivity index (χ1n) is 5.42. The summed E-state index contributed by atoms with van der Waals surface area (Å²) in [6.45, 7) is 11.5. The Balaban J connectivity index is 4.75. The smallest absolute Gasteiger partial charge is 0.188 e. The molecule has 0 saturated heterocycles. The van der Waals surface area contributed by atoms with Gasteiger partial charge in [0.25, 0.3) is 0 Å². The molecule has 2 nitrogen and oxygen atoms in total. The highest BCUT2D eigenvalue weighted by Gasteiger charge is 2.44. The summed E-state index contributed by atoms with van der Waals surface area (Å²) < 4.78 is 11.5. The summed E-state index contributed by atoms with van der Waals surface area (Å²) >= 11 is 0. The molecule has 4 heteroatoms. The van der Waals surface area contributed by atoms with Crippen LogP contribution < -0.4 is 0 Å². The molecule has 0 saturated carbocycles. The van der Waals surface area contributed by atoms with Gasteiger partial charge in [-0.1, -0.05) is 19.8 Å². The normalized spacial score (nSPS) is 13.7. The first-order valence-corrected chi connectivity index (χ1v) is 11.4. The quantitative estimate of drug-likeness (QED) is 0.656. The SMILES string of the molecule is CCCC([Si](C)(C)OC)[Si](C)(C)OC. The maximum absolute atomic E-state index is 5.73. The molecule has 0 heterocycles. The summed E-state index contributed by atoms with van der Waals surface area (Å²) in [5.41, 5.74) is 0. The van der Waals surface area contributed by atoms with Crippen molar-refractivity contribution in [3.05, 3.63) is 0 Å². The molecule has 0 N–H and O–H groups in total. The highest BCUT2D eigenvalue weighted by atomic mass is 28.4. The van der Waals surface area contributed by atoms with Crippen LogP contribution in [-0.2, 0) is 8.85 Å². The lowest BCUT2D eigenvalue weighted by Gasteiger charge is -2.39. The Bertz CT molecular complexity index is 154. The zero-order chi connectivity index (χ0) is 11.4. The molecule has 0 aliphatic carbocycles. The Morgan fingerprint density at radius 2 is 1.29 bits per heavy atom. The molecular formula is C10H26O2Si2. The van der Waals surface area contributed by atoms with Crippen LogP contribution in [0.4, 0.5) is 0 Å². The maximum Gasteiger partial charge on any atom is 0.188 e. The zero-order valence-corrected chi connectivity index (χ0v) is 12.8. The number of hydrogen-bond donors (Lipinski definition) is 0. The van der Waals surface area contributed by atoms with Crippen LogP contribution >= 0.6 is 0 Å². The summed E-state index contributed by atoms with van der Waals surface area (Å²) in [5.74, 6) is 0. The number of hydrogen-bond acceptors (Lipinski definition) is 2. The molecule has 0 aliphatic rings. The van der Waals surface area contributed by atoms with E-state index in [0.717, 1.165) is 0 Å². The highest BCUT2D eigenvalue weighted by Crippen LogP contribution is 2.36.